The molecule has 0 aliphatic carbocycles. The van der Waals surface area contributed by atoms with Crippen LogP contribution in [0.25, 0.3) is 0 Å². The van der Waals surface area contributed by atoms with Gasteiger partial charge in [0.2, 0.25) is 5.91 Å². The van der Waals surface area contributed by atoms with E-state index in [4.69, 9.17) is 0 Å². The molecule has 0 saturated carbocycles. The molecule has 2 amide bonds. The van der Waals surface area contributed by atoms with E-state index in [2.05, 4.69) is 33.0 Å². The molecule has 4 nitrogen and oxygen atoms in total. The maximum Gasteiger partial charge on any atom is 0.254 e. The molecule has 1 aromatic carbocycles. The molecule has 0 fully saturated rings. The van der Waals surface area contributed by atoms with Gasteiger partial charge in [-0.3, -0.25) is 9.59 Å². The zero-order valence-electron chi connectivity index (χ0n) is 16.4. The van der Waals surface area contributed by atoms with Crippen molar-refractivity contribution in [2.24, 2.45) is 11.8 Å². The monoisotopic (exact) mass is 384 g/mol. The standard InChI is InChI=1S/C22H28N2O2S/c1-14(2)12-23-21(25)19-16-8-5-6-9-17(16)22(26)24(13-15(3)4)20(19)18-10-7-11-27-18/h5-11,14-15,19-20H,12-13H2,1-4H3,(H,23,25)/t19-,20+/m0/s1. The fourth-order valence-electron chi connectivity index (χ4n) is 3.66. The van der Waals surface area contributed by atoms with Gasteiger partial charge in [0.05, 0.1) is 12.0 Å². The maximum atomic E-state index is 13.3. The van der Waals surface area contributed by atoms with Crippen molar-refractivity contribution >= 4 is 23.2 Å². The molecule has 0 bridgehead atoms. The topological polar surface area (TPSA) is 49.4 Å². The van der Waals surface area contributed by atoms with Gasteiger partial charge in [-0.25, -0.2) is 0 Å². The number of benzene rings is 1. The Balaban J connectivity index is 2.10. The highest BCUT2D eigenvalue weighted by molar-refractivity contribution is 7.10. The fourth-order valence-corrected chi connectivity index (χ4v) is 4.53. The summed E-state index contributed by atoms with van der Waals surface area (Å²) in [5.74, 6) is 0.318. The highest BCUT2D eigenvalue weighted by atomic mass is 32.1. The maximum absolute atomic E-state index is 13.3. The summed E-state index contributed by atoms with van der Waals surface area (Å²) in [5, 5.41) is 5.11. The van der Waals surface area contributed by atoms with Crippen molar-refractivity contribution in [1.29, 1.82) is 0 Å². The lowest BCUT2D eigenvalue weighted by Crippen LogP contribution is -2.48. The van der Waals surface area contributed by atoms with E-state index < -0.39 is 5.92 Å². The number of nitrogens with zero attached hydrogens (tertiary/aromatic N) is 1. The summed E-state index contributed by atoms with van der Waals surface area (Å²) in [6.07, 6.45) is 0. The van der Waals surface area contributed by atoms with Crippen molar-refractivity contribution in [2.75, 3.05) is 13.1 Å². The van der Waals surface area contributed by atoms with Crippen molar-refractivity contribution in [2.45, 2.75) is 39.7 Å². The van der Waals surface area contributed by atoms with E-state index in [0.29, 0.717) is 30.5 Å². The van der Waals surface area contributed by atoms with E-state index in [1.165, 1.54) is 0 Å². The first-order chi connectivity index (χ1) is 12.9. The van der Waals surface area contributed by atoms with E-state index in [-0.39, 0.29) is 17.9 Å². The molecule has 0 unspecified atom stereocenters. The second-order valence-corrected chi connectivity index (χ2v) is 8.99. The zero-order valence-corrected chi connectivity index (χ0v) is 17.3. The molecule has 2 heterocycles. The van der Waals surface area contributed by atoms with Crippen LogP contribution in [0.1, 0.15) is 60.5 Å². The summed E-state index contributed by atoms with van der Waals surface area (Å²) in [5.41, 5.74) is 1.48. The minimum absolute atomic E-state index is 0.00388. The SMILES string of the molecule is CC(C)CNC(=O)[C@H]1c2ccccc2C(=O)N(CC(C)C)[C@@H]1c1cccs1. The molecule has 1 aliphatic rings. The second-order valence-electron chi connectivity index (χ2n) is 8.02. The average molecular weight is 385 g/mol. The predicted octanol–water partition coefficient (Wildman–Crippen LogP) is 4.46. The van der Waals surface area contributed by atoms with Crippen molar-refractivity contribution < 1.29 is 9.59 Å². The highest BCUT2D eigenvalue weighted by Gasteiger charge is 2.44. The molecule has 27 heavy (non-hydrogen) atoms. The zero-order chi connectivity index (χ0) is 19.6. The van der Waals surface area contributed by atoms with Gasteiger partial charge in [0.15, 0.2) is 0 Å². The van der Waals surface area contributed by atoms with Gasteiger partial charge in [-0.15, -0.1) is 11.3 Å². The summed E-state index contributed by atoms with van der Waals surface area (Å²) >= 11 is 1.61. The van der Waals surface area contributed by atoms with Gasteiger partial charge < -0.3 is 10.2 Å². The van der Waals surface area contributed by atoms with Gasteiger partial charge >= 0.3 is 0 Å². The predicted molar refractivity (Wildman–Crippen MR) is 110 cm³/mol. The van der Waals surface area contributed by atoms with E-state index in [1.807, 2.05) is 46.7 Å². The lowest BCUT2D eigenvalue weighted by molar-refractivity contribution is -0.124. The molecule has 2 atom stereocenters. The second kappa shape index (κ2) is 8.26. The van der Waals surface area contributed by atoms with E-state index in [0.717, 1.165) is 10.4 Å². The number of fused-ring (bicyclic) bond motifs is 1. The molecular weight excluding hydrogens is 356 g/mol. The Bertz CT molecular complexity index is 798. The van der Waals surface area contributed by atoms with E-state index >= 15 is 0 Å². The van der Waals surface area contributed by atoms with Crippen molar-refractivity contribution in [1.82, 2.24) is 10.2 Å². The van der Waals surface area contributed by atoms with Crippen LogP contribution in [-0.2, 0) is 4.79 Å². The number of carbonyl (C=O) groups is 2. The number of hydrogen-bond acceptors (Lipinski definition) is 3. The Morgan fingerprint density at radius 1 is 1.11 bits per heavy atom. The number of carbonyl (C=O) groups excluding carboxylic acids is 2. The number of thiophene rings is 1. The van der Waals surface area contributed by atoms with Crippen molar-refractivity contribution in [3.8, 4) is 0 Å². The van der Waals surface area contributed by atoms with Crippen LogP contribution in [0, 0.1) is 11.8 Å². The molecule has 0 saturated heterocycles. The van der Waals surface area contributed by atoms with Crippen LogP contribution in [0.5, 0.6) is 0 Å². The molecular formula is C22H28N2O2S. The Kier molecular flexibility index (Phi) is 6.00. The molecule has 3 rings (SSSR count). The third-order valence-corrected chi connectivity index (χ3v) is 5.75. The van der Waals surface area contributed by atoms with E-state index in [1.54, 1.807) is 11.3 Å². The Morgan fingerprint density at radius 2 is 1.85 bits per heavy atom. The van der Waals surface area contributed by atoms with Gasteiger partial charge in [0.25, 0.3) is 5.91 Å². The first-order valence-corrected chi connectivity index (χ1v) is 10.5. The first-order valence-electron chi connectivity index (χ1n) is 9.61. The molecule has 1 aromatic heterocycles. The Labute approximate surface area is 165 Å². The summed E-state index contributed by atoms with van der Waals surface area (Å²) in [6.45, 7) is 9.64. The molecule has 0 spiro atoms. The summed E-state index contributed by atoms with van der Waals surface area (Å²) in [6, 6.07) is 11.3. The number of amides is 2. The van der Waals surface area contributed by atoms with Crippen LogP contribution >= 0.6 is 11.3 Å². The largest absolute Gasteiger partial charge is 0.355 e. The Morgan fingerprint density at radius 3 is 2.48 bits per heavy atom. The van der Waals surface area contributed by atoms with Crippen LogP contribution < -0.4 is 5.32 Å². The molecule has 144 valence electrons. The number of rotatable bonds is 6. The van der Waals surface area contributed by atoms with Crippen LogP contribution in [0.2, 0.25) is 0 Å². The fraction of sp³-hybridized carbons (Fsp3) is 0.455. The minimum Gasteiger partial charge on any atom is -0.355 e. The average Bonchev–Trinajstić information content (AvgIpc) is 3.15. The summed E-state index contributed by atoms with van der Waals surface area (Å²) in [4.78, 5) is 29.5. The molecule has 1 N–H and O–H groups in total. The lowest BCUT2D eigenvalue weighted by atomic mass is 9.81. The van der Waals surface area contributed by atoms with Gasteiger partial charge in [0.1, 0.15) is 0 Å². The van der Waals surface area contributed by atoms with Crippen LogP contribution in [0.4, 0.5) is 0 Å². The number of hydrogen-bond donors (Lipinski definition) is 1. The molecule has 1 aliphatic heterocycles. The molecule has 2 aromatic rings. The molecule has 5 heteroatoms. The third-order valence-electron chi connectivity index (χ3n) is 4.80. The van der Waals surface area contributed by atoms with Crippen LogP contribution in [0.3, 0.4) is 0 Å². The van der Waals surface area contributed by atoms with Gasteiger partial charge in [0, 0.05) is 23.5 Å². The lowest BCUT2D eigenvalue weighted by Gasteiger charge is -2.42. The highest BCUT2D eigenvalue weighted by Crippen LogP contribution is 2.44. The first kappa shape index (κ1) is 19.6. The van der Waals surface area contributed by atoms with Crippen LogP contribution in [0.15, 0.2) is 41.8 Å². The van der Waals surface area contributed by atoms with Gasteiger partial charge in [-0.05, 0) is 34.9 Å². The van der Waals surface area contributed by atoms with Crippen molar-refractivity contribution in [3.63, 3.8) is 0 Å². The van der Waals surface area contributed by atoms with Gasteiger partial charge in [-0.1, -0.05) is 52.0 Å². The van der Waals surface area contributed by atoms with Gasteiger partial charge in [-0.2, -0.15) is 0 Å². The summed E-state index contributed by atoms with van der Waals surface area (Å²) < 4.78 is 0. The quantitative estimate of drug-likeness (QED) is 0.799. The van der Waals surface area contributed by atoms with Crippen LogP contribution in [-0.4, -0.2) is 29.8 Å². The molecule has 0 radical (unpaired) electrons. The van der Waals surface area contributed by atoms with E-state index in [9.17, 15) is 9.59 Å². The number of nitrogens with one attached hydrogen (secondary N) is 1. The van der Waals surface area contributed by atoms with Crippen molar-refractivity contribution in [3.05, 3.63) is 57.8 Å². The third kappa shape index (κ3) is 4.08. The summed E-state index contributed by atoms with van der Waals surface area (Å²) in [7, 11) is 0. The Hall–Kier alpha value is -2.14. The smallest absolute Gasteiger partial charge is 0.254 e. The normalized spacial score (nSPS) is 19.5. The minimum atomic E-state index is -0.393.